The minimum absolute atomic E-state index is 0.0724. The van der Waals surface area contributed by atoms with Gasteiger partial charge in [-0.05, 0) is 50.5 Å². The number of nitrogens with one attached hydrogen (secondary N) is 1. The predicted octanol–water partition coefficient (Wildman–Crippen LogP) is 2.39. The maximum atomic E-state index is 12.2. The van der Waals surface area contributed by atoms with E-state index in [9.17, 15) is 8.42 Å². The molecule has 0 amide bonds. The molecule has 1 atom stereocenters. The second kappa shape index (κ2) is 5.71. The van der Waals surface area contributed by atoms with Gasteiger partial charge >= 0.3 is 0 Å². The van der Waals surface area contributed by atoms with E-state index in [1.54, 1.807) is 26.2 Å². The topological polar surface area (TPSA) is 55.4 Å². The maximum Gasteiger partial charge on any atom is 0.241 e. The van der Waals surface area contributed by atoms with E-state index in [2.05, 4.69) is 4.72 Å². The number of methoxy groups -OCH3 is 1. The maximum absolute atomic E-state index is 12.2. The average molecular weight is 271 g/mol. The van der Waals surface area contributed by atoms with Gasteiger partial charge in [0.05, 0.1) is 12.0 Å². The van der Waals surface area contributed by atoms with Gasteiger partial charge in [-0.15, -0.1) is 0 Å². The molecule has 0 saturated carbocycles. The Morgan fingerprint density at radius 1 is 1.28 bits per heavy atom. The molecule has 0 radical (unpaired) electrons. The third kappa shape index (κ3) is 3.23. The van der Waals surface area contributed by atoms with Crippen LogP contribution in [0.1, 0.15) is 31.4 Å². The Hall–Kier alpha value is -1.07. The van der Waals surface area contributed by atoms with Crippen LogP contribution in [0.3, 0.4) is 0 Å². The van der Waals surface area contributed by atoms with E-state index in [-0.39, 0.29) is 6.04 Å². The van der Waals surface area contributed by atoms with Crippen molar-refractivity contribution in [2.24, 2.45) is 0 Å². The lowest BCUT2D eigenvalue weighted by atomic mass is 10.1. The van der Waals surface area contributed by atoms with Gasteiger partial charge in [-0.3, -0.25) is 0 Å². The largest absolute Gasteiger partial charge is 0.496 e. The van der Waals surface area contributed by atoms with Crippen LogP contribution in [0.15, 0.2) is 17.0 Å². The molecular weight excluding hydrogens is 250 g/mol. The monoisotopic (exact) mass is 271 g/mol. The molecule has 0 fully saturated rings. The SMILES string of the molecule is CC[C@@H](C)NS(=O)(=O)c1cc(C)c(OC)cc1C. The van der Waals surface area contributed by atoms with E-state index < -0.39 is 10.0 Å². The molecule has 0 aliphatic rings. The zero-order valence-corrected chi connectivity index (χ0v) is 12.4. The van der Waals surface area contributed by atoms with Gasteiger partial charge in [-0.2, -0.15) is 0 Å². The summed E-state index contributed by atoms with van der Waals surface area (Å²) < 4.78 is 32.3. The minimum atomic E-state index is -3.46. The summed E-state index contributed by atoms with van der Waals surface area (Å²) in [5.41, 5.74) is 1.50. The highest BCUT2D eigenvalue weighted by molar-refractivity contribution is 7.89. The van der Waals surface area contributed by atoms with E-state index in [1.807, 2.05) is 20.8 Å². The van der Waals surface area contributed by atoms with Crippen LogP contribution < -0.4 is 9.46 Å². The summed E-state index contributed by atoms with van der Waals surface area (Å²) in [7, 11) is -1.88. The summed E-state index contributed by atoms with van der Waals surface area (Å²) >= 11 is 0. The highest BCUT2D eigenvalue weighted by atomic mass is 32.2. The fourth-order valence-corrected chi connectivity index (χ4v) is 3.32. The molecule has 5 heteroatoms. The fraction of sp³-hybridized carbons (Fsp3) is 0.538. The Morgan fingerprint density at radius 2 is 1.89 bits per heavy atom. The van der Waals surface area contributed by atoms with E-state index in [1.165, 1.54) is 0 Å². The summed E-state index contributed by atoms with van der Waals surface area (Å²) in [5, 5.41) is 0. The molecule has 0 aliphatic carbocycles. The second-order valence-electron chi connectivity index (χ2n) is 4.52. The quantitative estimate of drug-likeness (QED) is 0.894. The van der Waals surface area contributed by atoms with E-state index in [0.29, 0.717) is 16.2 Å². The molecule has 18 heavy (non-hydrogen) atoms. The zero-order valence-electron chi connectivity index (χ0n) is 11.6. The first kappa shape index (κ1) is 15.0. The number of benzene rings is 1. The second-order valence-corrected chi connectivity index (χ2v) is 6.20. The molecule has 4 nitrogen and oxygen atoms in total. The third-order valence-electron chi connectivity index (χ3n) is 2.95. The van der Waals surface area contributed by atoms with Gasteiger partial charge in [0.25, 0.3) is 0 Å². The van der Waals surface area contributed by atoms with Crippen LogP contribution in [-0.2, 0) is 10.0 Å². The predicted molar refractivity (Wildman–Crippen MR) is 72.5 cm³/mol. The van der Waals surface area contributed by atoms with Crippen molar-refractivity contribution in [3.05, 3.63) is 23.3 Å². The number of rotatable bonds is 5. The van der Waals surface area contributed by atoms with Gasteiger partial charge in [-0.25, -0.2) is 13.1 Å². The molecule has 102 valence electrons. The van der Waals surface area contributed by atoms with Crippen LogP contribution in [0.4, 0.5) is 0 Å². The van der Waals surface area contributed by atoms with Crippen LogP contribution in [0.5, 0.6) is 5.75 Å². The lowest BCUT2D eigenvalue weighted by Crippen LogP contribution is -2.32. The minimum Gasteiger partial charge on any atom is -0.496 e. The number of ether oxygens (including phenoxy) is 1. The highest BCUT2D eigenvalue weighted by Gasteiger charge is 2.20. The van der Waals surface area contributed by atoms with Crippen molar-refractivity contribution in [2.45, 2.75) is 45.1 Å². The molecule has 0 aromatic heterocycles. The summed E-state index contributed by atoms with van der Waals surface area (Å²) in [6.45, 7) is 7.40. The van der Waals surface area contributed by atoms with Gasteiger partial charge in [0.2, 0.25) is 10.0 Å². The van der Waals surface area contributed by atoms with Gasteiger partial charge < -0.3 is 4.74 Å². The molecule has 1 aromatic rings. The van der Waals surface area contributed by atoms with Crippen LogP contribution >= 0.6 is 0 Å². The average Bonchev–Trinajstić information content (AvgIpc) is 2.30. The molecule has 1 rings (SSSR count). The van der Waals surface area contributed by atoms with Gasteiger partial charge in [-0.1, -0.05) is 6.92 Å². The van der Waals surface area contributed by atoms with Crippen LogP contribution in [-0.4, -0.2) is 21.6 Å². The van der Waals surface area contributed by atoms with Crippen LogP contribution in [0.25, 0.3) is 0 Å². The van der Waals surface area contributed by atoms with Crippen molar-refractivity contribution in [3.8, 4) is 5.75 Å². The lowest BCUT2D eigenvalue weighted by molar-refractivity contribution is 0.411. The van der Waals surface area contributed by atoms with Gasteiger partial charge in [0.15, 0.2) is 0 Å². The van der Waals surface area contributed by atoms with Crippen molar-refractivity contribution in [3.63, 3.8) is 0 Å². The first-order valence-electron chi connectivity index (χ1n) is 5.99. The van der Waals surface area contributed by atoms with E-state index in [4.69, 9.17) is 4.74 Å². The smallest absolute Gasteiger partial charge is 0.241 e. The first-order chi connectivity index (χ1) is 8.31. The molecule has 1 N–H and O–H groups in total. The molecule has 0 unspecified atom stereocenters. The summed E-state index contributed by atoms with van der Waals surface area (Å²) in [6.07, 6.45) is 0.757. The molecule has 0 aliphatic heterocycles. The Bertz CT molecular complexity index is 523. The van der Waals surface area contributed by atoms with Crippen molar-refractivity contribution in [1.82, 2.24) is 4.72 Å². The summed E-state index contributed by atoms with van der Waals surface area (Å²) in [4.78, 5) is 0.320. The Labute approximate surface area is 109 Å². The molecule has 0 spiro atoms. The Morgan fingerprint density at radius 3 is 2.39 bits per heavy atom. The van der Waals surface area contributed by atoms with E-state index in [0.717, 1.165) is 12.0 Å². The van der Waals surface area contributed by atoms with Crippen molar-refractivity contribution in [1.29, 1.82) is 0 Å². The highest BCUT2D eigenvalue weighted by Crippen LogP contribution is 2.25. The zero-order chi connectivity index (χ0) is 13.9. The fourth-order valence-electron chi connectivity index (χ4n) is 1.68. The normalized spacial score (nSPS) is 13.4. The van der Waals surface area contributed by atoms with Gasteiger partial charge in [0, 0.05) is 6.04 Å². The molecular formula is C13H21NO3S. The van der Waals surface area contributed by atoms with E-state index >= 15 is 0 Å². The summed E-state index contributed by atoms with van der Waals surface area (Å²) in [5.74, 6) is 0.704. The van der Waals surface area contributed by atoms with Crippen LogP contribution in [0, 0.1) is 13.8 Å². The third-order valence-corrected chi connectivity index (χ3v) is 4.68. The Kier molecular flexibility index (Phi) is 4.76. The molecule has 0 heterocycles. The molecule has 1 aromatic carbocycles. The Balaban J connectivity index is 3.21. The van der Waals surface area contributed by atoms with Crippen molar-refractivity contribution >= 4 is 10.0 Å². The number of aryl methyl sites for hydroxylation is 2. The standard InChI is InChI=1S/C13H21NO3S/c1-6-11(4)14-18(15,16)13-8-9(2)12(17-5)7-10(13)3/h7-8,11,14H,6H2,1-5H3/t11-/m1/s1. The number of sulfonamides is 1. The lowest BCUT2D eigenvalue weighted by Gasteiger charge is -2.15. The number of hydrogen-bond donors (Lipinski definition) is 1. The van der Waals surface area contributed by atoms with Crippen molar-refractivity contribution < 1.29 is 13.2 Å². The number of hydrogen-bond acceptors (Lipinski definition) is 3. The summed E-state index contributed by atoms with van der Waals surface area (Å²) in [6, 6.07) is 3.33. The van der Waals surface area contributed by atoms with Gasteiger partial charge in [0.1, 0.15) is 5.75 Å². The van der Waals surface area contributed by atoms with Crippen molar-refractivity contribution in [2.75, 3.05) is 7.11 Å². The molecule has 0 saturated heterocycles. The first-order valence-corrected chi connectivity index (χ1v) is 7.47. The van der Waals surface area contributed by atoms with Crippen LogP contribution in [0.2, 0.25) is 0 Å². The molecule has 0 bridgehead atoms.